The highest BCUT2D eigenvalue weighted by Gasteiger charge is 2.21. The van der Waals surface area contributed by atoms with Gasteiger partial charge >= 0.3 is 0 Å². The summed E-state index contributed by atoms with van der Waals surface area (Å²) in [4.78, 5) is 0. The Morgan fingerprint density at radius 3 is 3.06 bits per heavy atom. The Hall–Kier alpha value is -1.48. The number of benzene rings is 1. The molecule has 0 saturated carbocycles. The summed E-state index contributed by atoms with van der Waals surface area (Å²) < 4.78 is 10.4. The Bertz CT molecular complexity index is 459. The minimum Gasteiger partial charge on any atom is -0.454 e. The number of hydrogen-bond donors (Lipinski definition) is 2. The Labute approximate surface area is 104 Å². The predicted molar refractivity (Wildman–Crippen MR) is 61.0 cm³/mol. The van der Waals surface area contributed by atoms with Gasteiger partial charge in [0.2, 0.25) is 6.79 Å². The van der Waals surface area contributed by atoms with Gasteiger partial charge in [-0.3, -0.25) is 5.32 Å². The van der Waals surface area contributed by atoms with Gasteiger partial charge in [-0.15, -0.1) is 0 Å². The van der Waals surface area contributed by atoms with Crippen LogP contribution in [0.2, 0.25) is 5.02 Å². The van der Waals surface area contributed by atoms with Gasteiger partial charge in [0.15, 0.2) is 11.5 Å². The normalized spacial score (nSPS) is 14.4. The van der Waals surface area contributed by atoms with Gasteiger partial charge < -0.3 is 14.6 Å². The summed E-state index contributed by atoms with van der Waals surface area (Å²) in [5, 5.41) is 21.1. The standard InChI is InChI=1S/C11H11ClN2O3/c12-8-3-7(9(5-13)14-1-2-15)4-10-11(8)17-6-16-10/h3-4,9,14-15H,1-2,6H2. The quantitative estimate of drug-likeness (QED) is 0.845. The zero-order chi connectivity index (χ0) is 12.3. The molecule has 1 aromatic carbocycles. The van der Waals surface area contributed by atoms with Gasteiger partial charge in [-0.1, -0.05) is 11.6 Å². The number of ether oxygens (including phenoxy) is 2. The zero-order valence-corrected chi connectivity index (χ0v) is 9.70. The maximum absolute atomic E-state index is 9.04. The number of aliphatic hydroxyl groups is 1. The molecule has 90 valence electrons. The number of nitriles is 1. The van der Waals surface area contributed by atoms with Crippen LogP contribution in [0.4, 0.5) is 0 Å². The average molecular weight is 255 g/mol. The van der Waals surface area contributed by atoms with Gasteiger partial charge in [-0.05, 0) is 17.7 Å². The van der Waals surface area contributed by atoms with Crippen LogP contribution in [0.5, 0.6) is 11.5 Å². The van der Waals surface area contributed by atoms with E-state index >= 15 is 0 Å². The van der Waals surface area contributed by atoms with E-state index in [1.54, 1.807) is 12.1 Å². The first-order chi connectivity index (χ1) is 8.26. The van der Waals surface area contributed by atoms with E-state index in [0.29, 0.717) is 28.6 Å². The van der Waals surface area contributed by atoms with E-state index in [4.69, 9.17) is 31.4 Å². The highest BCUT2D eigenvalue weighted by Crippen LogP contribution is 2.40. The minimum absolute atomic E-state index is 0.0313. The number of nitrogens with one attached hydrogen (secondary N) is 1. The number of aliphatic hydroxyl groups excluding tert-OH is 1. The zero-order valence-electron chi connectivity index (χ0n) is 8.94. The summed E-state index contributed by atoms with van der Waals surface area (Å²) in [6.07, 6.45) is 0. The number of fused-ring (bicyclic) bond motifs is 1. The van der Waals surface area contributed by atoms with Crippen LogP contribution < -0.4 is 14.8 Å². The highest BCUT2D eigenvalue weighted by molar-refractivity contribution is 6.32. The second-order valence-electron chi connectivity index (χ2n) is 3.48. The predicted octanol–water partition coefficient (Wildman–Crippen LogP) is 1.22. The van der Waals surface area contributed by atoms with E-state index in [-0.39, 0.29) is 13.4 Å². The van der Waals surface area contributed by atoms with Crippen LogP contribution >= 0.6 is 11.6 Å². The smallest absolute Gasteiger partial charge is 0.231 e. The third-order valence-electron chi connectivity index (χ3n) is 2.37. The lowest BCUT2D eigenvalue weighted by atomic mass is 10.1. The number of hydrogen-bond acceptors (Lipinski definition) is 5. The van der Waals surface area contributed by atoms with E-state index in [1.807, 2.05) is 0 Å². The topological polar surface area (TPSA) is 74.5 Å². The molecule has 0 fully saturated rings. The van der Waals surface area contributed by atoms with Crippen molar-refractivity contribution in [2.75, 3.05) is 19.9 Å². The van der Waals surface area contributed by atoms with E-state index in [0.717, 1.165) is 0 Å². The molecule has 1 aliphatic rings. The molecule has 5 nitrogen and oxygen atoms in total. The molecule has 6 heteroatoms. The molecule has 1 aliphatic heterocycles. The SMILES string of the molecule is N#CC(NCCO)c1cc(Cl)c2c(c1)OCO2. The summed E-state index contributed by atoms with van der Waals surface area (Å²) in [5.41, 5.74) is 0.690. The molecule has 2 N–H and O–H groups in total. The van der Waals surface area contributed by atoms with E-state index in [9.17, 15) is 0 Å². The monoisotopic (exact) mass is 254 g/mol. The number of halogens is 1. The van der Waals surface area contributed by atoms with Gasteiger partial charge in [0.05, 0.1) is 17.7 Å². The maximum Gasteiger partial charge on any atom is 0.231 e. The second kappa shape index (κ2) is 5.23. The Kier molecular flexibility index (Phi) is 3.69. The molecular formula is C11H11ClN2O3. The van der Waals surface area contributed by atoms with Crippen LogP contribution in [0.1, 0.15) is 11.6 Å². The van der Waals surface area contributed by atoms with Crippen LogP contribution in [-0.4, -0.2) is 25.1 Å². The molecule has 1 aromatic rings. The Balaban J connectivity index is 2.26. The summed E-state index contributed by atoms with van der Waals surface area (Å²) in [6.45, 7) is 0.445. The molecule has 0 saturated heterocycles. The molecule has 0 radical (unpaired) electrons. The lowest BCUT2D eigenvalue weighted by molar-refractivity contribution is 0.174. The van der Waals surface area contributed by atoms with Crippen molar-refractivity contribution in [3.63, 3.8) is 0 Å². The van der Waals surface area contributed by atoms with Crippen LogP contribution in [0.15, 0.2) is 12.1 Å². The molecule has 0 spiro atoms. The number of rotatable bonds is 4. The van der Waals surface area contributed by atoms with Crippen molar-refractivity contribution in [1.29, 1.82) is 5.26 Å². The second-order valence-corrected chi connectivity index (χ2v) is 3.88. The van der Waals surface area contributed by atoms with Gasteiger partial charge in [-0.2, -0.15) is 5.26 Å². The summed E-state index contributed by atoms with van der Waals surface area (Å²) in [5.74, 6) is 1.05. The molecule has 2 rings (SSSR count). The fourth-order valence-corrected chi connectivity index (χ4v) is 1.87. The molecule has 17 heavy (non-hydrogen) atoms. The molecular weight excluding hydrogens is 244 g/mol. The van der Waals surface area contributed by atoms with E-state index in [2.05, 4.69) is 11.4 Å². The third kappa shape index (κ3) is 2.44. The first-order valence-electron chi connectivity index (χ1n) is 5.09. The molecule has 1 heterocycles. The molecule has 0 aromatic heterocycles. The lowest BCUT2D eigenvalue weighted by Crippen LogP contribution is -2.23. The first kappa shape index (κ1) is 12.0. The van der Waals surface area contributed by atoms with Crippen molar-refractivity contribution in [3.05, 3.63) is 22.7 Å². The van der Waals surface area contributed by atoms with E-state index in [1.165, 1.54) is 0 Å². The van der Waals surface area contributed by atoms with Crippen molar-refractivity contribution in [1.82, 2.24) is 5.32 Å². The van der Waals surface area contributed by atoms with Crippen LogP contribution in [-0.2, 0) is 0 Å². The van der Waals surface area contributed by atoms with Gasteiger partial charge in [0.1, 0.15) is 6.04 Å². The largest absolute Gasteiger partial charge is 0.454 e. The van der Waals surface area contributed by atoms with Gasteiger partial charge in [0, 0.05) is 6.54 Å². The number of nitrogens with zero attached hydrogens (tertiary/aromatic N) is 1. The van der Waals surface area contributed by atoms with Crippen molar-refractivity contribution in [2.24, 2.45) is 0 Å². The van der Waals surface area contributed by atoms with Crippen molar-refractivity contribution in [2.45, 2.75) is 6.04 Å². The molecule has 0 bridgehead atoms. The minimum atomic E-state index is -0.533. The highest BCUT2D eigenvalue weighted by atomic mass is 35.5. The Morgan fingerprint density at radius 2 is 2.35 bits per heavy atom. The molecule has 1 atom stereocenters. The average Bonchev–Trinajstić information content (AvgIpc) is 2.79. The summed E-state index contributed by atoms with van der Waals surface area (Å²) >= 11 is 6.02. The van der Waals surface area contributed by atoms with Crippen LogP contribution in [0, 0.1) is 11.3 Å². The van der Waals surface area contributed by atoms with Gasteiger partial charge in [-0.25, -0.2) is 0 Å². The molecule has 0 aliphatic carbocycles. The summed E-state index contributed by atoms with van der Waals surface area (Å²) in [7, 11) is 0. The molecule has 1 unspecified atom stereocenters. The van der Waals surface area contributed by atoms with E-state index < -0.39 is 6.04 Å². The summed E-state index contributed by atoms with van der Waals surface area (Å²) in [6, 6.07) is 4.94. The van der Waals surface area contributed by atoms with Crippen LogP contribution in [0.25, 0.3) is 0 Å². The third-order valence-corrected chi connectivity index (χ3v) is 2.65. The maximum atomic E-state index is 9.04. The Morgan fingerprint density at radius 1 is 1.53 bits per heavy atom. The lowest BCUT2D eigenvalue weighted by Gasteiger charge is -2.12. The fraction of sp³-hybridized carbons (Fsp3) is 0.364. The van der Waals surface area contributed by atoms with Gasteiger partial charge in [0.25, 0.3) is 0 Å². The van der Waals surface area contributed by atoms with Crippen LogP contribution in [0.3, 0.4) is 0 Å². The first-order valence-corrected chi connectivity index (χ1v) is 5.47. The van der Waals surface area contributed by atoms with Crippen molar-refractivity contribution < 1.29 is 14.6 Å². The van der Waals surface area contributed by atoms with Crippen molar-refractivity contribution >= 4 is 11.6 Å². The van der Waals surface area contributed by atoms with Crippen molar-refractivity contribution in [3.8, 4) is 17.6 Å². The fourth-order valence-electron chi connectivity index (χ4n) is 1.60. The molecule has 0 amide bonds.